The van der Waals surface area contributed by atoms with E-state index >= 15 is 0 Å². The Bertz CT molecular complexity index is 1270. The van der Waals surface area contributed by atoms with Crippen LogP contribution in [0.15, 0.2) is 46.1 Å². The maximum Gasteiger partial charge on any atom is 0.459 e. The van der Waals surface area contributed by atoms with Crippen LogP contribution < -0.4 is 20.9 Å². The first-order valence-electron chi connectivity index (χ1n) is 11.3. The summed E-state index contributed by atoms with van der Waals surface area (Å²) in [5, 5.41) is 23.8. The van der Waals surface area contributed by atoms with E-state index in [9.17, 15) is 29.2 Å². The molecule has 0 saturated carbocycles. The van der Waals surface area contributed by atoms with Crippen LogP contribution >= 0.6 is 19.3 Å². The minimum atomic E-state index is -4.29. The number of benzene rings is 1. The van der Waals surface area contributed by atoms with E-state index in [1.165, 1.54) is 26.0 Å². The van der Waals surface area contributed by atoms with E-state index in [1.54, 1.807) is 32.0 Å². The largest absolute Gasteiger partial charge is 0.462 e. The predicted molar refractivity (Wildman–Crippen MR) is 131 cm³/mol. The average Bonchev–Trinajstić information content (AvgIpc) is 3.03. The standard InChI is InChI=1S/C22H29ClN3O10P/c1-12(2)34-19(29)13(3)25-37(32,36-14-8-6-5-7-9-14)33-11-16-17(27)22(4,31)20(35-16)26-10-15(23)18(28)24-21(26)30/h5-10,12-13,16-17,20,27,31H,11H2,1-4H3,(H,25,32)(H,24,28,30)/t13-,16-,17-,20-,22-,37-/m1/s1. The lowest BCUT2D eigenvalue weighted by Gasteiger charge is -2.27. The number of H-pyrrole nitrogens is 1. The van der Waals surface area contributed by atoms with Crippen LogP contribution in [-0.4, -0.2) is 62.3 Å². The SMILES string of the molecule is CC(C)OC(=O)[C@@H](C)N[P@@](=O)(OC[C@H]1O[C@@H](n2cc(Cl)c(=O)[nH]c2=O)[C@](C)(O)[C@@H]1O)Oc1ccccc1. The van der Waals surface area contributed by atoms with Crippen LogP contribution in [-0.2, 0) is 23.4 Å². The third-order valence-electron chi connectivity index (χ3n) is 5.37. The number of hydrogen-bond donors (Lipinski definition) is 4. The van der Waals surface area contributed by atoms with Gasteiger partial charge in [-0.05, 0) is 39.8 Å². The smallest absolute Gasteiger partial charge is 0.459 e. The number of hydrogen-bond acceptors (Lipinski definition) is 10. The Labute approximate surface area is 216 Å². The van der Waals surface area contributed by atoms with E-state index in [2.05, 4.69) is 5.09 Å². The topological polar surface area (TPSA) is 178 Å². The second-order valence-corrected chi connectivity index (χ2v) is 11.0. The number of para-hydroxylation sites is 1. The van der Waals surface area contributed by atoms with Gasteiger partial charge in [-0.15, -0.1) is 0 Å². The van der Waals surface area contributed by atoms with Gasteiger partial charge in [0.05, 0.1) is 12.7 Å². The number of carbonyl (C=O) groups excluding carboxylic acids is 1. The fraction of sp³-hybridized carbons (Fsp3) is 0.500. The second kappa shape index (κ2) is 11.5. The molecular formula is C22H29ClN3O10P. The molecule has 15 heteroatoms. The molecule has 1 aliphatic heterocycles. The molecule has 13 nitrogen and oxygen atoms in total. The quantitative estimate of drug-likeness (QED) is 0.243. The van der Waals surface area contributed by atoms with E-state index in [-0.39, 0.29) is 10.8 Å². The van der Waals surface area contributed by atoms with Crippen molar-refractivity contribution in [1.82, 2.24) is 14.6 Å². The Morgan fingerprint density at radius 1 is 1.30 bits per heavy atom. The van der Waals surface area contributed by atoms with Gasteiger partial charge in [-0.2, -0.15) is 5.09 Å². The summed E-state index contributed by atoms with van der Waals surface area (Å²) in [7, 11) is -4.29. The summed E-state index contributed by atoms with van der Waals surface area (Å²) < 4.78 is 36.3. The highest BCUT2D eigenvalue weighted by atomic mass is 35.5. The molecule has 204 valence electrons. The van der Waals surface area contributed by atoms with Crippen LogP contribution in [0.2, 0.25) is 5.02 Å². The second-order valence-electron chi connectivity index (χ2n) is 8.88. The van der Waals surface area contributed by atoms with Gasteiger partial charge in [-0.1, -0.05) is 29.8 Å². The Kier molecular flexibility index (Phi) is 9.01. The third kappa shape index (κ3) is 6.88. The number of aromatic nitrogens is 2. The Morgan fingerprint density at radius 2 is 1.95 bits per heavy atom. The van der Waals surface area contributed by atoms with Gasteiger partial charge in [0.1, 0.15) is 34.6 Å². The highest BCUT2D eigenvalue weighted by molar-refractivity contribution is 7.52. The number of halogens is 1. The Hall–Kier alpha value is -2.51. The Morgan fingerprint density at radius 3 is 2.57 bits per heavy atom. The number of rotatable bonds is 10. The first-order chi connectivity index (χ1) is 17.2. The number of nitrogens with zero attached hydrogens (tertiary/aromatic N) is 1. The fourth-order valence-electron chi connectivity index (χ4n) is 3.52. The molecule has 0 aliphatic carbocycles. The van der Waals surface area contributed by atoms with Gasteiger partial charge in [0.2, 0.25) is 0 Å². The van der Waals surface area contributed by atoms with Gasteiger partial charge in [-0.3, -0.25) is 23.7 Å². The van der Waals surface area contributed by atoms with Crippen molar-refractivity contribution in [2.45, 2.75) is 63.9 Å². The molecule has 1 aliphatic rings. The molecule has 0 spiro atoms. The molecule has 1 saturated heterocycles. The summed E-state index contributed by atoms with van der Waals surface area (Å²) >= 11 is 5.81. The summed E-state index contributed by atoms with van der Waals surface area (Å²) in [6, 6.07) is 6.91. The molecule has 0 radical (unpaired) electrons. The molecule has 3 rings (SSSR count). The number of carbonyl (C=O) groups is 1. The molecule has 0 unspecified atom stereocenters. The van der Waals surface area contributed by atoms with E-state index in [0.29, 0.717) is 0 Å². The number of nitrogens with one attached hydrogen (secondary N) is 2. The highest BCUT2D eigenvalue weighted by Gasteiger charge is 2.54. The van der Waals surface area contributed by atoms with Crippen molar-refractivity contribution in [3.63, 3.8) is 0 Å². The van der Waals surface area contributed by atoms with Crippen LogP contribution in [0.4, 0.5) is 0 Å². The van der Waals surface area contributed by atoms with Gasteiger partial charge in [0.15, 0.2) is 6.23 Å². The minimum Gasteiger partial charge on any atom is -0.462 e. The number of aromatic amines is 1. The van der Waals surface area contributed by atoms with Crippen molar-refractivity contribution in [3.8, 4) is 5.75 Å². The van der Waals surface area contributed by atoms with E-state index in [4.69, 9.17) is 30.1 Å². The zero-order chi connectivity index (χ0) is 27.5. The molecule has 0 amide bonds. The van der Waals surface area contributed by atoms with Crippen molar-refractivity contribution >= 4 is 25.3 Å². The lowest BCUT2D eigenvalue weighted by molar-refractivity contribution is -0.149. The summed E-state index contributed by atoms with van der Waals surface area (Å²) in [5.41, 5.74) is -3.83. The van der Waals surface area contributed by atoms with E-state index < -0.39 is 67.8 Å². The average molecular weight is 562 g/mol. The summed E-state index contributed by atoms with van der Waals surface area (Å²) in [6.07, 6.45) is -3.89. The molecule has 0 bridgehead atoms. The molecule has 2 heterocycles. The van der Waals surface area contributed by atoms with E-state index in [0.717, 1.165) is 10.8 Å². The first kappa shape index (κ1) is 29.1. The molecule has 37 heavy (non-hydrogen) atoms. The zero-order valence-corrected chi connectivity index (χ0v) is 22.1. The monoisotopic (exact) mass is 561 g/mol. The van der Waals surface area contributed by atoms with Gasteiger partial charge in [-0.25, -0.2) is 9.36 Å². The maximum absolute atomic E-state index is 13.6. The lowest BCUT2D eigenvalue weighted by atomic mass is 9.96. The molecule has 2 aromatic rings. The van der Waals surface area contributed by atoms with Crippen LogP contribution in [0.25, 0.3) is 0 Å². The number of ether oxygens (including phenoxy) is 2. The van der Waals surface area contributed by atoms with Crippen LogP contribution in [0.3, 0.4) is 0 Å². The van der Waals surface area contributed by atoms with Crippen molar-refractivity contribution < 1.29 is 38.1 Å². The van der Waals surface area contributed by atoms with Gasteiger partial charge in [0, 0.05) is 6.20 Å². The van der Waals surface area contributed by atoms with Gasteiger partial charge >= 0.3 is 19.4 Å². The number of aliphatic hydroxyl groups is 2. The molecule has 1 aromatic carbocycles. The van der Waals surface area contributed by atoms with Crippen LogP contribution in [0, 0.1) is 0 Å². The molecule has 1 fully saturated rings. The van der Waals surface area contributed by atoms with Crippen molar-refractivity contribution in [2.75, 3.05) is 6.61 Å². The Balaban J connectivity index is 1.82. The van der Waals surface area contributed by atoms with Gasteiger partial charge < -0.3 is 24.2 Å². The zero-order valence-electron chi connectivity index (χ0n) is 20.5. The first-order valence-corrected chi connectivity index (χ1v) is 13.2. The van der Waals surface area contributed by atoms with Crippen LogP contribution in [0.1, 0.15) is 33.9 Å². The summed E-state index contributed by atoms with van der Waals surface area (Å²) in [5.74, 6) is -0.542. The maximum atomic E-state index is 13.6. The number of esters is 1. The predicted octanol–water partition coefficient (Wildman–Crippen LogP) is 1.33. The van der Waals surface area contributed by atoms with Crippen molar-refractivity contribution in [1.29, 1.82) is 0 Å². The molecular weight excluding hydrogens is 533 g/mol. The molecule has 1 aromatic heterocycles. The fourth-order valence-corrected chi connectivity index (χ4v) is 5.17. The third-order valence-corrected chi connectivity index (χ3v) is 7.28. The van der Waals surface area contributed by atoms with Gasteiger partial charge in [0.25, 0.3) is 5.56 Å². The summed E-state index contributed by atoms with van der Waals surface area (Å²) in [4.78, 5) is 38.1. The van der Waals surface area contributed by atoms with Crippen molar-refractivity contribution in [2.24, 2.45) is 0 Å². The number of aliphatic hydroxyl groups excluding tert-OH is 1. The molecule has 4 N–H and O–H groups in total. The lowest BCUT2D eigenvalue weighted by Crippen LogP contribution is -2.47. The molecule has 6 atom stereocenters. The van der Waals surface area contributed by atoms with E-state index in [1.807, 2.05) is 4.98 Å². The summed E-state index contributed by atoms with van der Waals surface area (Å²) in [6.45, 7) is 5.33. The minimum absolute atomic E-state index is 0.162. The highest BCUT2D eigenvalue weighted by Crippen LogP contribution is 2.46. The van der Waals surface area contributed by atoms with Crippen LogP contribution in [0.5, 0.6) is 5.75 Å². The normalized spacial score (nSPS) is 26.0. The van der Waals surface area contributed by atoms with Crippen molar-refractivity contribution in [3.05, 3.63) is 62.4 Å².